The third-order valence-electron chi connectivity index (χ3n) is 11.3. The lowest BCUT2D eigenvalue weighted by molar-refractivity contribution is -0.136. The molecule has 294 valence electrons. The molecule has 0 radical (unpaired) electrons. The zero-order valence-electron chi connectivity index (χ0n) is 32.4. The topological polar surface area (TPSA) is 124 Å². The highest BCUT2D eigenvalue weighted by Gasteiger charge is 2.34. The predicted molar refractivity (Wildman–Crippen MR) is 223 cm³/mol. The van der Waals surface area contributed by atoms with Gasteiger partial charge in [0, 0.05) is 80.5 Å². The van der Waals surface area contributed by atoms with E-state index < -0.39 is 5.60 Å². The van der Waals surface area contributed by atoms with Crippen LogP contribution in [0.15, 0.2) is 83.9 Å². The second-order valence-corrected chi connectivity index (χ2v) is 16.1. The van der Waals surface area contributed by atoms with Gasteiger partial charge in [0.15, 0.2) is 0 Å². The first kappa shape index (κ1) is 39.4. The predicted octanol–water partition coefficient (Wildman–Crippen LogP) is 6.18. The van der Waals surface area contributed by atoms with Crippen LogP contribution in [-0.4, -0.2) is 99.7 Å². The number of likely N-dealkylation sites (tertiary alicyclic amines) is 1. The molecule has 5 aromatic rings. The second kappa shape index (κ2) is 17.5. The van der Waals surface area contributed by atoms with E-state index in [9.17, 15) is 19.5 Å². The molecular formula is C44H52ClN7O4. The van der Waals surface area contributed by atoms with Crippen LogP contribution >= 0.6 is 11.6 Å². The second-order valence-electron chi connectivity index (χ2n) is 15.7. The molecule has 2 N–H and O–H groups in total. The number of anilines is 1. The molecule has 2 saturated heterocycles. The third-order valence-corrected chi connectivity index (χ3v) is 11.6. The molecule has 4 heterocycles. The van der Waals surface area contributed by atoms with Crippen molar-refractivity contribution >= 4 is 50.9 Å². The fraction of sp³-hybridized carbons (Fsp3) is 0.432. The van der Waals surface area contributed by atoms with Crippen molar-refractivity contribution in [2.45, 2.75) is 69.9 Å². The number of unbranched alkanes of at least 4 members (excludes halogenated alkanes) is 1. The minimum absolute atomic E-state index is 0.0398. The zero-order valence-corrected chi connectivity index (χ0v) is 33.2. The number of pyridine rings is 1. The number of nitrogens with one attached hydrogen (secondary N) is 1. The van der Waals surface area contributed by atoms with Crippen LogP contribution in [0.4, 0.5) is 5.69 Å². The van der Waals surface area contributed by atoms with Crippen LogP contribution in [0, 0.1) is 6.92 Å². The van der Waals surface area contributed by atoms with Gasteiger partial charge in [0.2, 0.25) is 5.91 Å². The summed E-state index contributed by atoms with van der Waals surface area (Å²) in [6.45, 7) is 7.41. The molecule has 1 saturated carbocycles. The third kappa shape index (κ3) is 9.75. The number of fused-ring (bicyclic) bond motifs is 2. The van der Waals surface area contributed by atoms with Gasteiger partial charge in [0.05, 0.1) is 39.9 Å². The Morgan fingerprint density at radius 2 is 1.62 bits per heavy atom. The van der Waals surface area contributed by atoms with E-state index in [-0.39, 0.29) is 23.9 Å². The van der Waals surface area contributed by atoms with Crippen molar-refractivity contribution in [3.8, 4) is 0 Å². The number of likely N-dealkylation sites (N-methyl/N-ethyl adjacent to an activating group) is 1. The Bertz CT molecular complexity index is 2230. The number of aromatic nitrogens is 3. The molecule has 0 bridgehead atoms. The van der Waals surface area contributed by atoms with E-state index in [0.717, 1.165) is 61.3 Å². The van der Waals surface area contributed by atoms with Crippen molar-refractivity contribution < 1.29 is 14.7 Å². The van der Waals surface area contributed by atoms with E-state index in [0.29, 0.717) is 79.1 Å². The molecule has 11 nitrogen and oxygen atoms in total. The van der Waals surface area contributed by atoms with Crippen LogP contribution in [-0.2, 0) is 11.3 Å². The molecule has 56 heavy (non-hydrogen) atoms. The number of carbonyl (C=O) groups excluding carboxylic acids is 2. The van der Waals surface area contributed by atoms with Crippen molar-refractivity contribution in [3.63, 3.8) is 0 Å². The lowest BCUT2D eigenvalue weighted by Gasteiger charge is -2.38. The minimum Gasteiger partial charge on any atom is -0.388 e. The van der Waals surface area contributed by atoms with Crippen molar-refractivity contribution in [2.24, 2.45) is 0 Å². The standard InChI is InChI=1S/C37H44ClN7O4.C7H8/c1-42-16-18-43(19-17-42)27-8-10-29-32(21-27)40-24-45(36(29)48)23-37(49)11-14-44(15-12-37)34(46)4-2-3-13-39-35(47)26-7-9-28-30(38)22-31(25-5-6-25)41-33(28)20-26;1-7-5-3-2-4-6-7/h7-10,20-22,24-25,49H,2-6,11-19,23H2,1H3,(H,39,47);2-6H,1H3. The van der Waals surface area contributed by atoms with E-state index in [2.05, 4.69) is 46.2 Å². The van der Waals surface area contributed by atoms with Gasteiger partial charge >= 0.3 is 0 Å². The van der Waals surface area contributed by atoms with Gasteiger partial charge < -0.3 is 25.1 Å². The number of hydrogen-bond acceptors (Lipinski definition) is 8. The highest BCUT2D eigenvalue weighted by Crippen LogP contribution is 2.41. The van der Waals surface area contributed by atoms with E-state index in [1.54, 1.807) is 17.0 Å². The molecular weight excluding hydrogens is 726 g/mol. The summed E-state index contributed by atoms with van der Waals surface area (Å²) in [6, 6.07) is 23.4. The summed E-state index contributed by atoms with van der Waals surface area (Å²) < 4.78 is 1.50. The molecule has 0 spiro atoms. The molecule has 12 heteroatoms. The van der Waals surface area contributed by atoms with Gasteiger partial charge in [-0.25, -0.2) is 4.98 Å². The van der Waals surface area contributed by atoms with Gasteiger partial charge in [-0.15, -0.1) is 0 Å². The maximum atomic E-state index is 13.3. The Labute approximate surface area is 333 Å². The normalized spacial score (nSPS) is 17.1. The lowest BCUT2D eigenvalue weighted by Crippen LogP contribution is -2.49. The number of benzene rings is 3. The van der Waals surface area contributed by atoms with E-state index in [1.807, 2.05) is 48.5 Å². The van der Waals surface area contributed by atoms with Crippen molar-refractivity contribution in [1.82, 2.24) is 29.7 Å². The fourth-order valence-corrected chi connectivity index (χ4v) is 7.77. The number of nitrogens with zero attached hydrogens (tertiary/aromatic N) is 6. The van der Waals surface area contributed by atoms with Gasteiger partial charge in [-0.3, -0.25) is 23.9 Å². The van der Waals surface area contributed by atoms with Gasteiger partial charge in [-0.1, -0.05) is 53.6 Å². The number of carbonyl (C=O) groups is 2. The first-order valence-corrected chi connectivity index (χ1v) is 20.3. The Morgan fingerprint density at radius 3 is 2.32 bits per heavy atom. The summed E-state index contributed by atoms with van der Waals surface area (Å²) in [6.07, 6.45) is 6.25. The molecule has 1 aliphatic carbocycles. The van der Waals surface area contributed by atoms with E-state index in [4.69, 9.17) is 16.6 Å². The van der Waals surface area contributed by atoms with Gasteiger partial charge in [-0.05, 0) is 88.9 Å². The molecule has 2 amide bonds. The average molecular weight is 778 g/mol. The van der Waals surface area contributed by atoms with Crippen molar-refractivity contribution in [3.05, 3.63) is 111 Å². The van der Waals surface area contributed by atoms with Gasteiger partial charge in [-0.2, -0.15) is 0 Å². The van der Waals surface area contributed by atoms with E-state index in [1.165, 1.54) is 16.5 Å². The fourth-order valence-electron chi connectivity index (χ4n) is 7.50. The molecule has 2 aromatic heterocycles. The highest BCUT2D eigenvalue weighted by molar-refractivity contribution is 6.35. The number of amides is 2. The van der Waals surface area contributed by atoms with Crippen molar-refractivity contribution in [1.29, 1.82) is 0 Å². The molecule has 3 fully saturated rings. The van der Waals surface area contributed by atoms with Gasteiger partial charge in [0.1, 0.15) is 0 Å². The maximum absolute atomic E-state index is 13.3. The van der Waals surface area contributed by atoms with Crippen LogP contribution in [0.5, 0.6) is 0 Å². The summed E-state index contributed by atoms with van der Waals surface area (Å²) in [5.74, 6) is 0.339. The zero-order chi connectivity index (χ0) is 39.2. The van der Waals surface area contributed by atoms with Crippen molar-refractivity contribution in [2.75, 3.05) is 57.8 Å². The number of piperazine rings is 1. The van der Waals surface area contributed by atoms with Crippen LogP contribution < -0.4 is 15.8 Å². The monoisotopic (exact) mass is 777 g/mol. The largest absolute Gasteiger partial charge is 0.388 e. The lowest BCUT2D eigenvalue weighted by atomic mass is 9.91. The molecule has 3 aromatic carbocycles. The highest BCUT2D eigenvalue weighted by atomic mass is 35.5. The first-order valence-electron chi connectivity index (χ1n) is 19.9. The number of hydrogen-bond donors (Lipinski definition) is 2. The Kier molecular flexibility index (Phi) is 12.3. The number of rotatable bonds is 10. The minimum atomic E-state index is -1.09. The Balaban J connectivity index is 0.000000620. The van der Waals surface area contributed by atoms with Crippen LogP contribution in [0.25, 0.3) is 21.8 Å². The summed E-state index contributed by atoms with van der Waals surface area (Å²) in [5, 5.41) is 16.4. The molecule has 0 atom stereocenters. The SMILES string of the molecule is CN1CCN(c2ccc3c(=O)n(CC4(O)CCN(C(=O)CCCCNC(=O)c5ccc6c(Cl)cc(C7CC7)nc6c5)CC4)cnc3c2)CC1.Cc1ccccc1. The molecule has 3 aliphatic rings. The first-order chi connectivity index (χ1) is 27.0. The summed E-state index contributed by atoms with van der Waals surface area (Å²) >= 11 is 6.46. The Hall–Kier alpha value is -4.84. The van der Waals surface area contributed by atoms with Crippen LogP contribution in [0.1, 0.15) is 72.5 Å². The summed E-state index contributed by atoms with van der Waals surface area (Å²) in [4.78, 5) is 54.8. The Morgan fingerprint density at radius 1 is 0.893 bits per heavy atom. The number of aryl methyl sites for hydroxylation is 1. The number of halogens is 1. The quantitative estimate of drug-likeness (QED) is 0.161. The molecule has 0 unspecified atom stereocenters. The average Bonchev–Trinajstić information content (AvgIpc) is 4.06. The number of piperidine rings is 1. The van der Waals surface area contributed by atoms with Crippen LogP contribution in [0.2, 0.25) is 5.02 Å². The summed E-state index contributed by atoms with van der Waals surface area (Å²) in [7, 11) is 2.12. The van der Waals surface area contributed by atoms with Gasteiger partial charge in [0.25, 0.3) is 11.5 Å². The summed E-state index contributed by atoms with van der Waals surface area (Å²) in [5.41, 5.74) is 4.05. The van der Waals surface area contributed by atoms with E-state index >= 15 is 0 Å². The molecule has 2 aliphatic heterocycles. The smallest absolute Gasteiger partial charge is 0.261 e. The maximum Gasteiger partial charge on any atom is 0.261 e. The van der Waals surface area contributed by atoms with Crippen LogP contribution in [0.3, 0.4) is 0 Å². The molecule has 8 rings (SSSR count). The number of aliphatic hydroxyl groups is 1.